The van der Waals surface area contributed by atoms with Crippen LogP contribution in [0.3, 0.4) is 0 Å². The van der Waals surface area contributed by atoms with Crippen LogP contribution in [0.4, 0.5) is 8.78 Å². The van der Waals surface area contributed by atoms with Gasteiger partial charge < -0.3 is 10.5 Å². The van der Waals surface area contributed by atoms with Gasteiger partial charge in [-0.25, -0.2) is 18.8 Å². The van der Waals surface area contributed by atoms with E-state index in [-0.39, 0.29) is 23.6 Å². The Balaban J connectivity index is 1.79. The van der Waals surface area contributed by atoms with Crippen LogP contribution < -0.4 is 10.5 Å². The molecule has 0 bridgehead atoms. The van der Waals surface area contributed by atoms with E-state index in [1.54, 1.807) is 12.1 Å². The summed E-state index contributed by atoms with van der Waals surface area (Å²) in [4.78, 5) is 25.0. The van der Waals surface area contributed by atoms with Crippen molar-refractivity contribution in [2.24, 2.45) is 10.7 Å². The molecule has 27 heavy (non-hydrogen) atoms. The number of alkyl halides is 2. The van der Waals surface area contributed by atoms with Crippen molar-refractivity contribution in [1.29, 1.82) is 0 Å². The van der Waals surface area contributed by atoms with Gasteiger partial charge in [0.25, 0.3) is 0 Å². The minimum Gasteiger partial charge on any atom is -0.461 e. The standard InChI is InChI=1S/C18H18F2N4O2S/c19-10-18(4-6-27-17(21)24-18)16-8-12(3-5-22-16)7-15(25)14-2-1-13(9-23-14)26-11-20/h1-3,5,8-9H,4,6-7,10-11H2,(H2,21,24)/t18-/m1/s1. The number of nitrogens with two attached hydrogens (primary N) is 1. The first kappa shape index (κ1) is 19.2. The van der Waals surface area contributed by atoms with E-state index in [2.05, 4.69) is 19.7 Å². The molecule has 0 saturated carbocycles. The maximum atomic E-state index is 13.8. The molecule has 3 heterocycles. The SMILES string of the molecule is NC1=N[C@](CF)(c2cc(CC(=O)c3ccc(OCF)cn3)ccn2)CCS1. The zero-order chi connectivity index (χ0) is 19.3. The molecular formula is C18H18F2N4O2S. The summed E-state index contributed by atoms with van der Waals surface area (Å²) < 4.78 is 30.6. The van der Waals surface area contributed by atoms with E-state index in [1.165, 1.54) is 36.3 Å². The summed E-state index contributed by atoms with van der Waals surface area (Å²) in [6, 6.07) is 6.33. The third-order valence-electron chi connectivity index (χ3n) is 4.22. The van der Waals surface area contributed by atoms with Crippen molar-refractivity contribution in [2.75, 3.05) is 19.3 Å². The van der Waals surface area contributed by atoms with E-state index in [0.29, 0.717) is 28.6 Å². The van der Waals surface area contributed by atoms with E-state index in [1.807, 2.05) is 0 Å². The first-order chi connectivity index (χ1) is 13.1. The molecule has 2 N–H and O–H groups in total. The zero-order valence-electron chi connectivity index (χ0n) is 14.4. The van der Waals surface area contributed by atoms with E-state index in [0.717, 1.165) is 0 Å². The molecule has 3 rings (SSSR count). The number of carbonyl (C=O) groups is 1. The number of ketones is 1. The first-order valence-corrected chi connectivity index (χ1v) is 9.22. The summed E-state index contributed by atoms with van der Waals surface area (Å²) in [6.45, 7) is -1.67. The van der Waals surface area contributed by atoms with Crippen LogP contribution in [0.5, 0.6) is 5.75 Å². The number of aromatic nitrogens is 2. The molecule has 0 amide bonds. The third-order valence-corrected chi connectivity index (χ3v) is 5.02. The largest absolute Gasteiger partial charge is 0.461 e. The van der Waals surface area contributed by atoms with Crippen LogP contribution in [0, 0.1) is 0 Å². The minimum absolute atomic E-state index is 0.0716. The average Bonchev–Trinajstić information content (AvgIpc) is 2.69. The van der Waals surface area contributed by atoms with Crippen molar-refractivity contribution < 1.29 is 18.3 Å². The lowest BCUT2D eigenvalue weighted by Crippen LogP contribution is -2.34. The zero-order valence-corrected chi connectivity index (χ0v) is 15.2. The normalized spacial score (nSPS) is 19.4. The van der Waals surface area contributed by atoms with Crippen molar-refractivity contribution in [2.45, 2.75) is 18.4 Å². The van der Waals surface area contributed by atoms with Crippen LogP contribution in [0.2, 0.25) is 0 Å². The molecule has 2 aromatic heterocycles. The number of thioether (sulfide) groups is 1. The molecule has 1 atom stereocenters. The highest BCUT2D eigenvalue weighted by molar-refractivity contribution is 8.13. The van der Waals surface area contributed by atoms with Gasteiger partial charge in [-0.15, -0.1) is 0 Å². The number of carbonyl (C=O) groups excluding carboxylic acids is 1. The van der Waals surface area contributed by atoms with Crippen molar-refractivity contribution in [1.82, 2.24) is 9.97 Å². The van der Waals surface area contributed by atoms with Crippen LogP contribution >= 0.6 is 11.8 Å². The third kappa shape index (κ3) is 4.41. The summed E-state index contributed by atoms with van der Waals surface area (Å²) in [5, 5.41) is 0.335. The van der Waals surface area contributed by atoms with Crippen molar-refractivity contribution in [3.05, 3.63) is 53.6 Å². The Hall–Kier alpha value is -2.55. The monoisotopic (exact) mass is 392 g/mol. The van der Waals surface area contributed by atoms with Gasteiger partial charge in [-0.05, 0) is 36.2 Å². The molecule has 142 valence electrons. The number of hydrogen-bond acceptors (Lipinski definition) is 7. The highest BCUT2D eigenvalue weighted by atomic mass is 32.2. The number of pyridine rings is 2. The van der Waals surface area contributed by atoms with Gasteiger partial charge in [0.1, 0.15) is 23.7 Å². The fourth-order valence-corrected chi connectivity index (χ4v) is 3.67. The topological polar surface area (TPSA) is 90.5 Å². The summed E-state index contributed by atoms with van der Waals surface area (Å²) >= 11 is 1.38. The number of aliphatic imine (C=N–C) groups is 1. The summed E-state index contributed by atoms with van der Waals surface area (Å²) in [5.74, 6) is 0.674. The van der Waals surface area contributed by atoms with E-state index >= 15 is 0 Å². The molecule has 1 aliphatic heterocycles. The van der Waals surface area contributed by atoms with Gasteiger partial charge >= 0.3 is 0 Å². The second-order valence-electron chi connectivity index (χ2n) is 6.00. The Kier molecular flexibility index (Phi) is 6.00. The van der Waals surface area contributed by atoms with Crippen LogP contribution in [0.15, 0.2) is 41.7 Å². The molecule has 0 aromatic carbocycles. The summed E-state index contributed by atoms with van der Waals surface area (Å²) in [7, 11) is 0. The predicted octanol–water partition coefficient (Wildman–Crippen LogP) is 2.82. The van der Waals surface area contributed by atoms with Crippen LogP contribution in [-0.4, -0.2) is 40.2 Å². The number of hydrogen-bond donors (Lipinski definition) is 1. The highest BCUT2D eigenvalue weighted by Crippen LogP contribution is 2.35. The Morgan fingerprint density at radius 3 is 2.81 bits per heavy atom. The molecule has 0 spiro atoms. The lowest BCUT2D eigenvalue weighted by atomic mass is 9.92. The second-order valence-corrected chi connectivity index (χ2v) is 7.11. The number of amidine groups is 1. The average molecular weight is 392 g/mol. The second kappa shape index (κ2) is 8.43. The molecule has 0 saturated heterocycles. The van der Waals surface area contributed by atoms with E-state index in [4.69, 9.17) is 5.73 Å². The van der Waals surface area contributed by atoms with Crippen molar-refractivity contribution >= 4 is 22.7 Å². The highest BCUT2D eigenvalue weighted by Gasteiger charge is 2.36. The van der Waals surface area contributed by atoms with Crippen LogP contribution in [-0.2, 0) is 12.0 Å². The van der Waals surface area contributed by atoms with Crippen LogP contribution in [0.25, 0.3) is 0 Å². The molecule has 0 fully saturated rings. The molecule has 9 heteroatoms. The van der Waals surface area contributed by atoms with E-state index in [9.17, 15) is 13.6 Å². The Bertz CT molecular complexity index is 848. The Morgan fingerprint density at radius 2 is 2.15 bits per heavy atom. The predicted molar refractivity (Wildman–Crippen MR) is 99.5 cm³/mol. The maximum absolute atomic E-state index is 13.8. The quantitative estimate of drug-likeness (QED) is 0.729. The molecule has 6 nitrogen and oxygen atoms in total. The number of rotatable bonds is 7. The molecule has 0 radical (unpaired) electrons. The fraction of sp³-hybridized carbons (Fsp3) is 0.333. The van der Waals surface area contributed by atoms with Crippen molar-refractivity contribution in [3.8, 4) is 5.75 Å². The number of halogens is 2. The van der Waals surface area contributed by atoms with E-state index < -0.39 is 19.1 Å². The number of ether oxygens (including phenoxy) is 1. The molecule has 1 aliphatic rings. The molecular weight excluding hydrogens is 374 g/mol. The van der Waals surface area contributed by atoms with Gasteiger partial charge in [0.05, 0.1) is 11.9 Å². The Morgan fingerprint density at radius 1 is 1.30 bits per heavy atom. The van der Waals surface area contributed by atoms with Gasteiger partial charge in [-0.3, -0.25) is 9.78 Å². The smallest absolute Gasteiger partial charge is 0.228 e. The van der Waals surface area contributed by atoms with Gasteiger partial charge in [0.2, 0.25) is 6.86 Å². The van der Waals surface area contributed by atoms with Gasteiger partial charge in [-0.1, -0.05) is 11.8 Å². The molecule has 0 aliphatic carbocycles. The van der Waals surface area contributed by atoms with Gasteiger partial charge in [0.15, 0.2) is 11.0 Å². The lowest BCUT2D eigenvalue weighted by molar-refractivity contribution is 0.0988. The summed E-state index contributed by atoms with van der Waals surface area (Å²) in [5.41, 5.74) is 6.04. The summed E-state index contributed by atoms with van der Waals surface area (Å²) in [6.07, 6.45) is 3.38. The molecule has 2 aromatic rings. The lowest BCUT2D eigenvalue weighted by Gasteiger charge is -2.30. The molecule has 0 unspecified atom stereocenters. The Labute approximate surface area is 159 Å². The van der Waals surface area contributed by atoms with Gasteiger partial charge in [-0.2, -0.15) is 0 Å². The fourth-order valence-electron chi connectivity index (χ4n) is 2.78. The van der Waals surface area contributed by atoms with Crippen molar-refractivity contribution in [3.63, 3.8) is 0 Å². The number of nitrogens with zero attached hydrogens (tertiary/aromatic N) is 3. The first-order valence-electron chi connectivity index (χ1n) is 8.24. The van der Waals surface area contributed by atoms with Gasteiger partial charge in [0, 0.05) is 18.4 Å². The van der Waals surface area contributed by atoms with Crippen LogP contribution in [0.1, 0.15) is 28.2 Å². The maximum Gasteiger partial charge on any atom is 0.228 e. The number of Topliss-reactive ketones (excluding diaryl/α,β-unsaturated/α-hetero) is 1. The minimum atomic E-state index is -1.10.